The van der Waals surface area contributed by atoms with Crippen molar-refractivity contribution in [3.05, 3.63) is 30.7 Å². The number of anilines is 2. The lowest BCUT2D eigenvalue weighted by atomic mass is 10.2. The van der Waals surface area contributed by atoms with Crippen molar-refractivity contribution in [2.24, 2.45) is 0 Å². The number of hydrogen-bond acceptors (Lipinski definition) is 6. The second-order valence-corrected chi connectivity index (χ2v) is 4.05. The summed E-state index contributed by atoms with van der Waals surface area (Å²) in [6.07, 6.45) is 3.15. The maximum Gasteiger partial charge on any atom is 0.160 e. The van der Waals surface area contributed by atoms with Crippen molar-refractivity contribution >= 4 is 22.5 Å². The molecule has 7 nitrogen and oxygen atoms in total. The summed E-state index contributed by atoms with van der Waals surface area (Å²) in [4.78, 5) is 8.32. The van der Waals surface area contributed by atoms with Gasteiger partial charge < -0.3 is 14.8 Å². The number of nitrogens with one attached hydrogen (secondary N) is 2. The Labute approximate surface area is 115 Å². The number of ether oxygens (including phenoxy) is 2. The number of fused-ring (bicyclic) bond motifs is 1. The molecule has 3 aromatic rings. The van der Waals surface area contributed by atoms with Crippen LogP contribution in [-0.2, 0) is 0 Å². The molecule has 0 radical (unpaired) electrons. The maximum absolute atomic E-state index is 5.34. The molecule has 2 heterocycles. The van der Waals surface area contributed by atoms with Crippen LogP contribution in [0.4, 0.5) is 11.5 Å². The Hall–Kier alpha value is -2.83. The van der Waals surface area contributed by atoms with Crippen LogP contribution in [0.5, 0.6) is 11.5 Å². The van der Waals surface area contributed by atoms with Gasteiger partial charge in [-0.05, 0) is 12.1 Å². The lowest BCUT2D eigenvalue weighted by Gasteiger charge is -2.12. The standard InChI is InChI=1S/C13H13N5O2/c1-19-8-3-4-10(11(5-8)20-2)17-12-9-6-16-18-13(9)15-7-14-12/h3-7H,1-2H3,(H2,14,15,16,17,18). The Morgan fingerprint density at radius 3 is 2.85 bits per heavy atom. The third kappa shape index (κ3) is 2.09. The lowest BCUT2D eigenvalue weighted by Crippen LogP contribution is -1.98. The number of aromatic amines is 1. The van der Waals surface area contributed by atoms with Gasteiger partial charge in [-0.3, -0.25) is 5.10 Å². The second kappa shape index (κ2) is 5.04. The van der Waals surface area contributed by atoms with Crippen molar-refractivity contribution in [2.75, 3.05) is 19.5 Å². The molecule has 7 heteroatoms. The number of H-pyrrole nitrogens is 1. The van der Waals surface area contributed by atoms with Crippen LogP contribution in [0, 0.1) is 0 Å². The molecular weight excluding hydrogens is 258 g/mol. The minimum Gasteiger partial charge on any atom is -0.497 e. The normalized spacial score (nSPS) is 10.5. The second-order valence-electron chi connectivity index (χ2n) is 4.05. The summed E-state index contributed by atoms with van der Waals surface area (Å²) >= 11 is 0. The van der Waals surface area contributed by atoms with Crippen LogP contribution in [0.3, 0.4) is 0 Å². The van der Waals surface area contributed by atoms with Crippen molar-refractivity contribution in [3.63, 3.8) is 0 Å². The Bertz CT molecular complexity index is 740. The minimum absolute atomic E-state index is 0.659. The molecule has 0 aliphatic rings. The molecule has 0 spiro atoms. The molecule has 0 amide bonds. The molecule has 0 bridgehead atoms. The summed E-state index contributed by atoms with van der Waals surface area (Å²) in [6, 6.07) is 5.51. The van der Waals surface area contributed by atoms with Crippen LogP contribution in [-0.4, -0.2) is 34.4 Å². The summed E-state index contributed by atoms with van der Waals surface area (Å²) in [6.45, 7) is 0. The average Bonchev–Trinajstić information content (AvgIpc) is 2.97. The highest BCUT2D eigenvalue weighted by Gasteiger charge is 2.09. The third-order valence-electron chi connectivity index (χ3n) is 2.91. The molecule has 0 atom stereocenters. The summed E-state index contributed by atoms with van der Waals surface area (Å²) in [7, 11) is 3.22. The topological polar surface area (TPSA) is 85.0 Å². The van der Waals surface area contributed by atoms with Crippen molar-refractivity contribution in [2.45, 2.75) is 0 Å². The van der Waals surface area contributed by atoms with Gasteiger partial charge in [0, 0.05) is 6.07 Å². The first-order chi connectivity index (χ1) is 9.81. The monoisotopic (exact) mass is 271 g/mol. The number of methoxy groups -OCH3 is 2. The van der Waals surface area contributed by atoms with Crippen molar-refractivity contribution in [3.8, 4) is 11.5 Å². The largest absolute Gasteiger partial charge is 0.497 e. The van der Waals surface area contributed by atoms with Gasteiger partial charge in [0.2, 0.25) is 0 Å². The highest BCUT2D eigenvalue weighted by Crippen LogP contribution is 2.32. The molecule has 3 rings (SSSR count). The molecule has 2 aromatic heterocycles. The van der Waals surface area contributed by atoms with Gasteiger partial charge in [0.1, 0.15) is 23.6 Å². The van der Waals surface area contributed by atoms with E-state index in [0.717, 1.165) is 16.8 Å². The van der Waals surface area contributed by atoms with E-state index in [4.69, 9.17) is 9.47 Å². The molecule has 0 unspecified atom stereocenters. The first-order valence-corrected chi connectivity index (χ1v) is 5.95. The summed E-state index contributed by atoms with van der Waals surface area (Å²) in [5, 5.41) is 10.8. The number of benzene rings is 1. The predicted molar refractivity (Wildman–Crippen MR) is 74.5 cm³/mol. The molecule has 0 aliphatic heterocycles. The smallest absolute Gasteiger partial charge is 0.160 e. The molecule has 0 fully saturated rings. The van der Waals surface area contributed by atoms with Crippen LogP contribution in [0.15, 0.2) is 30.7 Å². The van der Waals surface area contributed by atoms with Crippen LogP contribution >= 0.6 is 0 Å². The number of hydrogen-bond donors (Lipinski definition) is 2. The van der Waals surface area contributed by atoms with Gasteiger partial charge in [0.25, 0.3) is 0 Å². The van der Waals surface area contributed by atoms with E-state index in [1.54, 1.807) is 26.5 Å². The fourth-order valence-corrected chi connectivity index (χ4v) is 1.89. The number of rotatable bonds is 4. The van der Waals surface area contributed by atoms with Gasteiger partial charge in [-0.25, -0.2) is 9.97 Å². The van der Waals surface area contributed by atoms with E-state index in [-0.39, 0.29) is 0 Å². The molecule has 2 N–H and O–H groups in total. The van der Waals surface area contributed by atoms with E-state index in [0.29, 0.717) is 17.2 Å². The number of nitrogens with zero attached hydrogens (tertiary/aromatic N) is 3. The third-order valence-corrected chi connectivity index (χ3v) is 2.91. The van der Waals surface area contributed by atoms with E-state index in [9.17, 15) is 0 Å². The molecule has 1 aromatic carbocycles. The fourth-order valence-electron chi connectivity index (χ4n) is 1.89. The molecule has 0 saturated heterocycles. The molecule has 0 saturated carbocycles. The van der Waals surface area contributed by atoms with Crippen molar-refractivity contribution < 1.29 is 9.47 Å². The first-order valence-electron chi connectivity index (χ1n) is 5.95. The Morgan fingerprint density at radius 1 is 1.15 bits per heavy atom. The van der Waals surface area contributed by atoms with Crippen molar-refractivity contribution in [1.82, 2.24) is 20.2 Å². The number of aromatic nitrogens is 4. The first kappa shape index (κ1) is 12.2. The molecule has 102 valence electrons. The van der Waals surface area contributed by atoms with Gasteiger partial charge in [-0.1, -0.05) is 0 Å². The van der Waals surface area contributed by atoms with Crippen LogP contribution < -0.4 is 14.8 Å². The molecule has 0 aliphatic carbocycles. The Kier molecular flexibility index (Phi) is 3.08. The summed E-state index contributed by atoms with van der Waals surface area (Å²) in [5.74, 6) is 2.05. The molecule has 20 heavy (non-hydrogen) atoms. The highest BCUT2D eigenvalue weighted by atomic mass is 16.5. The van der Waals surface area contributed by atoms with Gasteiger partial charge in [0.05, 0.1) is 31.5 Å². The zero-order valence-corrected chi connectivity index (χ0v) is 11.0. The van der Waals surface area contributed by atoms with E-state index in [1.807, 2.05) is 12.1 Å². The van der Waals surface area contributed by atoms with Gasteiger partial charge >= 0.3 is 0 Å². The lowest BCUT2D eigenvalue weighted by molar-refractivity contribution is 0.395. The Balaban J connectivity index is 2.00. The highest BCUT2D eigenvalue weighted by molar-refractivity contribution is 5.88. The average molecular weight is 271 g/mol. The van der Waals surface area contributed by atoms with E-state index < -0.39 is 0 Å². The van der Waals surface area contributed by atoms with Gasteiger partial charge in [0.15, 0.2) is 5.65 Å². The SMILES string of the molecule is COc1ccc(Nc2ncnc3[nH]ncc23)c(OC)c1. The zero-order valence-electron chi connectivity index (χ0n) is 11.0. The summed E-state index contributed by atoms with van der Waals surface area (Å²) in [5.41, 5.74) is 1.46. The van der Waals surface area contributed by atoms with E-state index in [2.05, 4.69) is 25.5 Å². The van der Waals surface area contributed by atoms with Gasteiger partial charge in [-0.2, -0.15) is 5.10 Å². The Morgan fingerprint density at radius 2 is 2.05 bits per heavy atom. The van der Waals surface area contributed by atoms with Crippen LogP contribution in [0.1, 0.15) is 0 Å². The predicted octanol–water partition coefficient (Wildman–Crippen LogP) is 2.11. The quantitative estimate of drug-likeness (QED) is 0.756. The van der Waals surface area contributed by atoms with E-state index >= 15 is 0 Å². The van der Waals surface area contributed by atoms with Gasteiger partial charge in [-0.15, -0.1) is 0 Å². The fraction of sp³-hybridized carbons (Fsp3) is 0.154. The minimum atomic E-state index is 0.659. The maximum atomic E-state index is 5.34. The summed E-state index contributed by atoms with van der Waals surface area (Å²) < 4.78 is 10.5. The van der Waals surface area contributed by atoms with Crippen LogP contribution in [0.25, 0.3) is 11.0 Å². The molecular formula is C13H13N5O2. The zero-order chi connectivity index (χ0) is 13.9. The van der Waals surface area contributed by atoms with Crippen LogP contribution in [0.2, 0.25) is 0 Å². The van der Waals surface area contributed by atoms with Crippen molar-refractivity contribution in [1.29, 1.82) is 0 Å². The van der Waals surface area contributed by atoms with E-state index in [1.165, 1.54) is 6.33 Å².